The van der Waals surface area contributed by atoms with Crippen LogP contribution in [0.25, 0.3) is 11.1 Å². The first-order chi connectivity index (χ1) is 12.1. The van der Waals surface area contributed by atoms with Gasteiger partial charge in [-0.3, -0.25) is 0 Å². The Morgan fingerprint density at radius 2 is 1.60 bits per heavy atom. The summed E-state index contributed by atoms with van der Waals surface area (Å²) in [5.41, 5.74) is 2.84. The Kier molecular flexibility index (Phi) is 5.82. The van der Waals surface area contributed by atoms with Gasteiger partial charge in [-0.1, -0.05) is 54.6 Å². The van der Waals surface area contributed by atoms with Gasteiger partial charge in [0.2, 0.25) is 0 Å². The van der Waals surface area contributed by atoms with Crippen molar-refractivity contribution in [2.75, 3.05) is 32.7 Å². The first kappa shape index (κ1) is 18.0. The first-order valence-corrected chi connectivity index (χ1v) is 9.79. The molecule has 6 nitrogen and oxygen atoms in total. The van der Waals surface area contributed by atoms with Crippen LogP contribution in [0.2, 0.25) is 0 Å². The van der Waals surface area contributed by atoms with Gasteiger partial charge in [0, 0.05) is 32.7 Å². The monoisotopic (exact) mass is 361 g/mol. The van der Waals surface area contributed by atoms with Gasteiger partial charge < -0.3 is 10.4 Å². The Morgan fingerprint density at radius 1 is 1.00 bits per heavy atom. The molecular weight excluding hydrogens is 338 g/mol. The van der Waals surface area contributed by atoms with E-state index in [1.807, 2.05) is 54.6 Å². The summed E-state index contributed by atoms with van der Waals surface area (Å²) in [7, 11) is -3.55. The van der Waals surface area contributed by atoms with Gasteiger partial charge in [-0.25, -0.2) is 0 Å². The zero-order chi connectivity index (χ0) is 17.7. The zero-order valence-electron chi connectivity index (χ0n) is 13.9. The highest BCUT2D eigenvalue weighted by molar-refractivity contribution is 7.87. The molecule has 0 aromatic heterocycles. The smallest absolute Gasteiger partial charge is 0.279 e. The molecule has 1 aliphatic heterocycles. The van der Waals surface area contributed by atoms with Crippen LogP contribution in [0.4, 0.5) is 0 Å². The summed E-state index contributed by atoms with van der Waals surface area (Å²) >= 11 is 0. The molecule has 1 fully saturated rings. The van der Waals surface area contributed by atoms with Gasteiger partial charge in [0.05, 0.1) is 6.10 Å². The average molecular weight is 361 g/mol. The number of aliphatic hydroxyl groups is 1. The van der Waals surface area contributed by atoms with Crippen LogP contribution in [-0.2, 0) is 10.2 Å². The molecule has 1 saturated heterocycles. The van der Waals surface area contributed by atoms with Gasteiger partial charge in [0.25, 0.3) is 10.2 Å². The molecule has 0 aliphatic carbocycles. The van der Waals surface area contributed by atoms with E-state index < -0.39 is 16.3 Å². The van der Waals surface area contributed by atoms with E-state index in [4.69, 9.17) is 0 Å². The molecule has 2 aromatic carbocycles. The van der Waals surface area contributed by atoms with Crippen molar-refractivity contribution in [3.05, 3.63) is 60.2 Å². The van der Waals surface area contributed by atoms with Crippen molar-refractivity contribution in [1.82, 2.24) is 14.3 Å². The fraction of sp³-hybridized carbons (Fsp3) is 0.333. The third-order valence-electron chi connectivity index (χ3n) is 4.28. The predicted molar refractivity (Wildman–Crippen MR) is 98.2 cm³/mol. The van der Waals surface area contributed by atoms with Crippen LogP contribution in [0.3, 0.4) is 0 Å². The highest BCUT2D eigenvalue weighted by Crippen LogP contribution is 2.21. The van der Waals surface area contributed by atoms with Crippen molar-refractivity contribution in [2.45, 2.75) is 6.10 Å². The van der Waals surface area contributed by atoms with Crippen molar-refractivity contribution in [1.29, 1.82) is 0 Å². The molecule has 0 saturated carbocycles. The van der Waals surface area contributed by atoms with Gasteiger partial charge >= 0.3 is 0 Å². The highest BCUT2D eigenvalue weighted by Gasteiger charge is 2.24. The van der Waals surface area contributed by atoms with E-state index in [0.717, 1.165) is 11.1 Å². The second-order valence-corrected chi connectivity index (χ2v) is 7.76. The molecule has 1 heterocycles. The van der Waals surface area contributed by atoms with Crippen LogP contribution in [0, 0.1) is 0 Å². The van der Waals surface area contributed by atoms with E-state index in [1.165, 1.54) is 4.31 Å². The number of nitrogens with one attached hydrogen (secondary N) is 2. The number of hydrogen-bond acceptors (Lipinski definition) is 4. The van der Waals surface area contributed by atoms with E-state index in [2.05, 4.69) is 10.0 Å². The van der Waals surface area contributed by atoms with Crippen molar-refractivity contribution in [3.8, 4) is 11.1 Å². The van der Waals surface area contributed by atoms with Crippen LogP contribution in [0.15, 0.2) is 54.6 Å². The summed E-state index contributed by atoms with van der Waals surface area (Å²) in [6.07, 6.45) is -0.887. The van der Waals surface area contributed by atoms with Crippen LogP contribution < -0.4 is 10.0 Å². The predicted octanol–water partition coefficient (Wildman–Crippen LogP) is 1.13. The normalized spacial score (nSPS) is 17.3. The number of aliphatic hydroxyl groups excluding tert-OH is 1. The molecule has 1 aliphatic rings. The topological polar surface area (TPSA) is 81.7 Å². The molecule has 0 amide bonds. The third kappa shape index (κ3) is 4.65. The molecule has 3 rings (SSSR count). The van der Waals surface area contributed by atoms with Gasteiger partial charge in [0.15, 0.2) is 0 Å². The molecule has 2 aromatic rings. The number of hydrogen-bond donors (Lipinski definition) is 3. The summed E-state index contributed by atoms with van der Waals surface area (Å²) in [6.45, 7) is 2.13. The summed E-state index contributed by atoms with van der Waals surface area (Å²) in [5, 5.41) is 13.4. The first-order valence-electron chi connectivity index (χ1n) is 8.35. The van der Waals surface area contributed by atoms with E-state index in [-0.39, 0.29) is 6.54 Å². The van der Waals surface area contributed by atoms with Crippen molar-refractivity contribution >= 4 is 10.2 Å². The molecule has 0 spiro atoms. The van der Waals surface area contributed by atoms with Crippen LogP contribution >= 0.6 is 0 Å². The molecule has 0 radical (unpaired) electrons. The standard InChI is InChI=1S/C18H23N3O3S/c22-18(14-20-25(23,24)21-12-10-19-11-13-21)17-8-6-16(7-9-17)15-4-2-1-3-5-15/h1-9,18-20,22H,10-14H2. The summed E-state index contributed by atoms with van der Waals surface area (Å²) < 4.78 is 28.4. The SMILES string of the molecule is O=S(=O)(NCC(O)c1ccc(-c2ccccc2)cc1)N1CCNCC1. The maximum Gasteiger partial charge on any atom is 0.279 e. The molecule has 1 atom stereocenters. The summed E-state index contributed by atoms with van der Waals surface area (Å²) in [5.74, 6) is 0. The molecule has 0 bridgehead atoms. The van der Waals surface area contributed by atoms with E-state index in [1.54, 1.807) is 0 Å². The van der Waals surface area contributed by atoms with Crippen LogP contribution in [0.5, 0.6) is 0 Å². The number of benzene rings is 2. The number of nitrogens with zero attached hydrogens (tertiary/aromatic N) is 1. The van der Waals surface area contributed by atoms with Crippen molar-refractivity contribution < 1.29 is 13.5 Å². The zero-order valence-corrected chi connectivity index (χ0v) is 14.7. The minimum Gasteiger partial charge on any atom is -0.387 e. The lowest BCUT2D eigenvalue weighted by molar-refractivity contribution is 0.181. The minimum absolute atomic E-state index is 0.0447. The third-order valence-corrected chi connectivity index (χ3v) is 5.85. The Balaban J connectivity index is 1.60. The molecule has 7 heteroatoms. The average Bonchev–Trinajstić information content (AvgIpc) is 2.68. The molecule has 1 unspecified atom stereocenters. The van der Waals surface area contributed by atoms with Gasteiger partial charge in [-0.2, -0.15) is 17.4 Å². The lowest BCUT2D eigenvalue weighted by atomic mass is 10.0. The van der Waals surface area contributed by atoms with E-state index >= 15 is 0 Å². The van der Waals surface area contributed by atoms with Gasteiger partial charge in [0.1, 0.15) is 0 Å². The maximum atomic E-state index is 12.2. The lowest BCUT2D eigenvalue weighted by Crippen LogP contribution is -2.51. The van der Waals surface area contributed by atoms with Crippen LogP contribution in [-0.4, -0.2) is 50.6 Å². The van der Waals surface area contributed by atoms with Crippen LogP contribution in [0.1, 0.15) is 11.7 Å². The Labute approximate surface area is 148 Å². The number of rotatable bonds is 6. The quantitative estimate of drug-likeness (QED) is 0.720. The fourth-order valence-corrected chi connectivity index (χ4v) is 4.02. The van der Waals surface area contributed by atoms with E-state index in [0.29, 0.717) is 31.7 Å². The summed E-state index contributed by atoms with van der Waals surface area (Å²) in [4.78, 5) is 0. The lowest BCUT2D eigenvalue weighted by Gasteiger charge is -2.27. The maximum absolute atomic E-state index is 12.2. The second-order valence-electron chi connectivity index (χ2n) is 6.01. The highest BCUT2D eigenvalue weighted by atomic mass is 32.2. The van der Waals surface area contributed by atoms with Gasteiger partial charge in [-0.05, 0) is 16.7 Å². The summed E-state index contributed by atoms with van der Waals surface area (Å²) in [6, 6.07) is 17.5. The van der Waals surface area contributed by atoms with Crippen molar-refractivity contribution in [2.24, 2.45) is 0 Å². The Bertz CT molecular complexity index is 773. The Morgan fingerprint density at radius 3 is 2.24 bits per heavy atom. The molecule has 3 N–H and O–H groups in total. The fourth-order valence-electron chi connectivity index (χ4n) is 2.81. The largest absolute Gasteiger partial charge is 0.387 e. The van der Waals surface area contributed by atoms with Gasteiger partial charge in [-0.15, -0.1) is 0 Å². The molecular formula is C18H23N3O3S. The second kappa shape index (κ2) is 8.07. The minimum atomic E-state index is -3.55. The van der Waals surface area contributed by atoms with Crippen molar-refractivity contribution in [3.63, 3.8) is 0 Å². The molecule has 25 heavy (non-hydrogen) atoms. The Hall–Kier alpha value is -1.77. The molecule has 134 valence electrons. The number of piperazine rings is 1. The van der Waals surface area contributed by atoms with E-state index in [9.17, 15) is 13.5 Å².